The van der Waals surface area contributed by atoms with Crippen LogP contribution in [0.1, 0.15) is 28.8 Å². The number of amides is 1. The number of hydrogen-bond acceptors (Lipinski definition) is 4. The Kier molecular flexibility index (Phi) is 5.58. The maximum atomic E-state index is 12.5. The minimum Gasteiger partial charge on any atom is -0.348 e. The molecule has 7 heteroatoms. The Morgan fingerprint density at radius 1 is 1.12 bits per heavy atom. The molecular formula is C19H23N3O3S. The van der Waals surface area contributed by atoms with Crippen LogP contribution in [0.5, 0.6) is 0 Å². The highest BCUT2D eigenvalue weighted by molar-refractivity contribution is 7.92. The normalized spacial score (nSPS) is 17.5. The van der Waals surface area contributed by atoms with Crippen LogP contribution in [0.25, 0.3) is 0 Å². The molecule has 3 rings (SSSR count). The molecule has 0 bridgehead atoms. The summed E-state index contributed by atoms with van der Waals surface area (Å²) in [7, 11) is -3.70. The van der Waals surface area contributed by atoms with E-state index in [4.69, 9.17) is 0 Å². The van der Waals surface area contributed by atoms with Crippen LogP contribution in [0, 0.1) is 6.92 Å². The number of para-hydroxylation sites is 1. The summed E-state index contributed by atoms with van der Waals surface area (Å²) in [6.07, 6.45) is 1.98. The van der Waals surface area contributed by atoms with Gasteiger partial charge in [-0.05, 0) is 62.2 Å². The quantitative estimate of drug-likeness (QED) is 0.750. The van der Waals surface area contributed by atoms with Crippen LogP contribution in [0.15, 0.2) is 53.4 Å². The van der Waals surface area contributed by atoms with Crippen molar-refractivity contribution in [1.29, 1.82) is 0 Å². The number of aryl methyl sites for hydroxylation is 1. The summed E-state index contributed by atoms with van der Waals surface area (Å²) in [5.74, 6) is -0.186. The molecule has 1 aliphatic heterocycles. The fourth-order valence-electron chi connectivity index (χ4n) is 2.92. The summed E-state index contributed by atoms with van der Waals surface area (Å²) in [4.78, 5) is 12.4. The van der Waals surface area contributed by atoms with Crippen molar-refractivity contribution in [3.05, 3.63) is 59.7 Å². The van der Waals surface area contributed by atoms with Crippen molar-refractivity contribution >= 4 is 21.6 Å². The first-order valence-corrected chi connectivity index (χ1v) is 10.1. The van der Waals surface area contributed by atoms with E-state index in [9.17, 15) is 13.2 Å². The van der Waals surface area contributed by atoms with Crippen LogP contribution in [0.2, 0.25) is 0 Å². The van der Waals surface area contributed by atoms with Crippen molar-refractivity contribution in [3.8, 4) is 0 Å². The lowest BCUT2D eigenvalue weighted by Crippen LogP contribution is -2.45. The third-order valence-electron chi connectivity index (χ3n) is 4.45. The minimum absolute atomic E-state index is 0.113. The molecule has 1 atom stereocenters. The Labute approximate surface area is 154 Å². The molecule has 1 amide bonds. The van der Waals surface area contributed by atoms with Gasteiger partial charge in [-0.2, -0.15) is 0 Å². The number of sulfonamides is 1. The zero-order chi connectivity index (χ0) is 18.6. The summed E-state index contributed by atoms with van der Waals surface area (Å²) in [5.41, 5.74) is 1.83. The fraction of sp³-hybridized carbons (Fsp3) is 0.316. The maximum absolute atomic E-state index is 12.5. The fourth-order valence-corrected chi connectivity index (χ4v) is 4.05. The predicted molar refractivity (Wildman–Crippen MR) is 102 cm³/mol. The molecular weight excluding hydrogens is 350 g/mol. The van der Waals surface area contributed by atoms with Crippen molar-refractivity contribution < 1.29 is 13.2 Å². The van der Waals surface area contributed by atoms with E-state index in [2.05, 4.69) is 15.4 Å². The van der Waals surface area contributed by atoms with E-state index < -0.39 is 10.0 Å². The molecule has 1 saturated heterocycles. The third kappa shape index (κ3) is 4.42. The molecule has 0 radical (unpaired) electrons. The largest absolute Gasteiger partial charge is 0.348 e. The zero-order valence-electron chi connectivity index (χ0n) is 14.7. The van der Waals surface area contributed by atoms with Crippen molar-refractivity contribution in [2.45, 2.75) is 30.7 Å². The monoisotopic (exact) mass is 373 g/mol. The van der Waals surface area contributed by atoms with E-state index >= 15 is 0 Å². The Balaban J connectivity index is 1.70. The summed E-state index contributed by atoms with van der Waals surface area (Å²) in [6, 6.07) is 13.3. The Morgan fingerprint density at radius 2 is 1.85 bits per heavy atom. The third-order valence-corrected chi connectivity index (χ3v) is 5.83. The highest BCUT2D eigenvalue weighted by Gasteiger charge is 2.18. The second kappa shape index (κ2) is 7.88. The zero-order valence-corrected chi connectivity index (χ0v) is 15.5. The van der Waals surface area contributed by atoms with Gasteiger partial charge in [0.15, 0.2) is 0 Å². The molecule has 1 heterocycles. The summed E-state index contributed by atoms with van der Waals surface area (Å²) >= 11 is 0. The molecule has 3 N–H and O–H groups in total. The van der Waals surface area contributed by atoms with Crippen molar-refractivity contribution in [2.24, 2.45) is 0 Å². The van der Waals surface area contributed by atoms with E-state index in [1.165, 1.54) is 24.3 Å². The number of piperidine rings is 1. The van der Waals surface area contributed by atoms with Gasteiger partial charge in [0.1, 0.15) is 0 Å². The molecule has 1 unspecified atom stereocenters. The van der Waals surface area contributed by atoms with Crippen molar-refractivity contribution in [2.75, 3.05) is 17.8 Å². The van der Waals surface area contributed by atoms with Crippen LogP contribution in [0.4, 0.5) is 5.69 Å². The first kappa shape index (κ1) is 18.4. The lowest BCUT2D eigenvalue weighted by Gasteiger charge is -2.23. The summed E-state index contributed by atoms with van der Waals surface area (Å²) in [6.45, 7) is 3.58. The summed E-state index contributed by atoms with van der Waals surface area (Å²) in [5, 5.41) is 6.22. The highest BCUT2D eigenvalue weighted by Crippen LogP contribution is 2.19. The molecule has 0 saturated carbocycles. The molecule has 2 aromatic rings. The van der Waals surface area contributed by atoms with Gasteiger partial charge in [-0.25, -0.2) is 8.42 Å². The second-order valence-corrected chi connectivity index (χ2v) is 8.14. The Hall–Kier alpha value is -2.38. The van der Waals surface area contributed by atoms with Crippen LogP contribution in [-0.4, -0.2) is 33.5 Å². The van der Waals surface area contributed by atoms with Gasteiger partial charge < -0.3 is 10.6 Å². The maximum Gasteiger partial charge on any atom is 0.261 e. The van der Waals surface area contributed by atoms with Crippen LogP contribution >= 0.6 is 0 Å². The standard InChI is InChI=1S/C19H23N3O3S/c1-14-5-2-3-7-18(14)22-26(24,25)17-10-8-15(9-11-17)19(23)21-16-6-4-12-20-13-16/h2-3,5,7-11,16,20,22H,4,6,12-13H2,1H3,(H,21,23). The number of nitrogens with one attached hydrogen (secondary N) is 3. The molecule has 0 spiro atoms. The van der Waals surface area contributed by atoms with Gasteiger partial charge in [0, 0.05) is 18.2 Å². The Morgan fingerprint density at radius 3 is 2.50 bits per heavy atom. The van der Waals surface area contributed by atoms with Gasteiger partial charge >= 0.3 is 0 Å². The number of rotatable bonds is 5. The van der Waals surface area contributed by atoms with Gasteiger partial charge in [0.25, 0.3) is 15.9 Å². The molecule has 1 fully saturated rings. The molecule has 26 heavy (non-hydrogen) atoms. The second-order valence-electron chi connectivity index (χ2n) is 6.46. The van der Waals surface area contributed by atoms with Crippen LogP contribution in [0.3, 0.4) is 0 Å². The van der Waals surface area contributed by atoms with Gasteiger partial charge in [0.05, 0.1) is 10.6 Å². The van der Waals surface area contributed by atoms with E-state index in [0.717, 1.165) is 31.5 Å². The van der Waals surface area contributed by atoms with E-state index in [-0.39, 0.29) is 16.8 Å². The van der Waals surface area contributed by atoms with Gasteiger partial charge in [-0.1, -0.05) is 18.2 Å². The predicted octanol–water partition coefficient (Wildman–Crippen LogP) is 2.28. The van der Waals surface area contributed by atoms with Gasteiger partial charge in [0.2, 0.25) is 0 Å². The molecule has 6 nitrogen and oxygen atoms in total. The first-order chi connectivity index (χ1) is 12.5. The highest BCUT2D eigenvalue weighted by atomic mass is 32.2. The van der Waals surface area contributed by atoms with Crippen LogP contribution in [-0.2, 0) is 10.0 Å². The number of carbonyl (C=O) groups excluding carboxylic acids is 1. The smallest absolute Gasteiger partial charge is 0.261 e. The van der Waals surface area contributed by atoms with Gasteiger partial charge in [-0.15, -0.1) is 0 Å². The molecule has 138 valence electrons. The van der Waals surface area contributed by atoms with E-state index in [1.54, 1.807) is 12.1 Å². The SMILES string of the molecule is Cc1ccccc1NS(=O)(=O)c1ccc(C(=O)NC2CCCNC2)cc1. The number of carbonyl (C=O) groups is 1. The minimum atomic E-state index is -3.70. The van der Waals surface area contributed by atoms with E-state index in [0.29, 0.717) is 11.3 Å². The lowest BCUT2D eigenvalue weighted by atomic mass is 10.1. The van der Waals surface area contributed by atoms with Gasteiger partial charge in [-0.3, -0.25) is 9.52 Å². The molecule has 1 aliphatic rings. The lowest BCUT2D eigenvalue weighted by molar-refractivity contribution is 0.0930. The Bertz CT molecular complexity index is 873. The molecule has 0 aromatic heterocycles. The molecule has 2 aromatic carbocycles. The number of anilines is 1. The van der Waals surface area contributed by atoms with Crippen molar-refractivity contribution in [1.82, 2.24) is 10.6 Å². The van der Waals surface area contributed by atoms with Crippen molar-refractivity contribution in [3.63, 3.8) is 0 Å². The number of hydrogen-bond donors (Lipinski definition) is 3. The number of benzene rings is 2. The van der Waals surface area contributed by atoms with E-state index in [1.807, 2.05) is 19.1 Å². The first-order valence-electron chi connectivity index (χ1n) is 8.66. The topological polar surface area (TPSA) is 87.3 Å². The summed E-state index contributed by atoms with van der Waals surface area (Å²) < 4.78 is 27.6. The average molecular weight is 373 g/mol. The molecule has 0 aliphatic carbocycles. The van der Waals surface area contributed by atoms with Crippen LogP contribution < -0.4 is 15.4 Å². The average Bonchev–Trinajstić information content (AvgIpc) is 2.64.